The fourth-order valence-electron chi connectivity index (χ4n) is 5.86. The third-order valence-electron chi connectivity index (χ3n) is 8.95. The van der Waals surface area contributed by atoms with Crippen LogP contribution < -0.4 is 0 Å². The van der Waals surface area contributed by atoms with Crippen molar-refractivity contribution in [3.63, 3.8) is 0 Å². The lowest BCUT2D eigenvalue weighted by Crippen LogP contribution is -2.45. The molecule has 0 aliphatic carbocycles. The summed E-state index contributed by atoms with van der Waals surface area (Å²) in [5.74, 6) is -5.95. The number of ketones is 1. The average Bonchev–Trinajstić information content (AvgIpc) is 3.03. The molecule has 0 atom stereocenters. The van der Waals surface area contributed by atoms with E-state index in [1.165, 1.54) is 141 Å². The molecule has 46 heavy (non-hydrogen) atoms. The molecule has 0 saturated carbocycles. The summed E-state index contributed by atoms with van der Waals surface area (Å²) in [4.78, 5) is 36.0. The minimum Gasteiger partial charge on any atom is -0.457 e. The zero-order valence-electron chi connectivity index (χ0n) is 30.3. The smallest absolute Gasteiger partial charge is 0.391 e. The van der Waals surface area contributed by atoms with Gasteiger partial charge in [-0.15, -0.1) is 0 Å². The van der Waals surface area contributed by atoms with Gasteiger partial charge in [0, 0.05) is 12.8 Å². The van der Waals surface area contributed by atoms with E-state index in [2.05, 4.69) is 18.6 Å². The summed E-state index contributed by atoms with van der Waals surface area (Å²) < 4.78 is 9.45. The molecule has 0 bridgehead atoms. The zero-order valence-corrected chi connectivity index (χ0v) is 30.3. The van der Waals surface area contributed by atoms with Gasteiger partial charge in [-0.05, 0) is 12.8 Å². The fourth-order valence-corrected chi connectivity index (χ4v) is 5.86. The first-order valence-electron chi connectivity index (χ1n) is 19.7. The maximum Gasteiger partial charge on any atom is 0.391 e. The SMILES string of the molecule is CCCCCCCCCCCCCCCCCC(=O)OCC(=O)C(O)(O)OC(=O)CCCCCCCCCCCCCCCCC. The van der Waals surface area contributed by atoms with Gasteiger partial charge in [-0.3, -0.25) is 14.4 Å². The van der Waals surface area contributed by atoms with Crippen molar-refractivity contribution in [3.8, 4) is 0 Å². The Labute approximate surface area is 283 Å². The van der Waals surface area contributed by atoms with Crippen LogP contribution in [-0.2, 0) is 23.9 Å². The van der Waals surface area contributed by atoms with Gasteiger partial charge >= 0.3 is 17.9 Å². The number of esters is 2. The van der Waals surface area contributed by atoms with Crippen molar-refractivity contribution in [2.75, 3.05) is 6.61 Å². The van der Waals surface area contributed by atoms with Crippen LogP contribution in [0.3, 0.4) is 0 Å². The molecule has 2 N–H and O–H groups in total. The van der Waals surface area contributed by atoms with E-state index in [-0.39, 0.29) is 12.8 Å². The van der Waals surface area contributed by atoms with Gasteiger partial charge in [-0.2, -0.15) is 0 Å². The molecular formula is C39H74O7. The normalized spacial score (nSPS) is 11.6. The molecule has 0 aromatic heterocycles. The number of hydrogen-bond acceptors (Lipinski definition) is 7. The maximum atomic E-state index is 12.1. The second-order valence-electron chi connectivity index (χ2n) is 13.6. The molecule has 272 valence electrons. The van der Waals surface area contributed by atoms with Crippen LogP contribution in [0.4, 0.5) is 0 Å². The number of hydrogen-bond donors (Lipinski definition) is 2. The Bertz CT molecular complexity index is 706. The molecule has 0 radical (unpaired) electrons. The second-order valence-corrected chi connectivity index (χ2v) is 13.6. The molecule has 0 fully saturated rings. The van der Waals surface area contributed by atoms with Crippen LogP contribution in [0.2, 0.25) is 0 Å². The van der Waals surface area contributed by atoms with Gasteiger partial charge < -0.3 is 19.7 Å². The van der Waals surface area contributed by atoms with E-state index in [1.54, 1.807) is 0 Å². The van der Waals surface area contributed by atoms with E-state index in [1.807, 2.05) is 0 Å². The zero-order chi connectivity index (χ0) is 34.0. The topological polar surface area (TPSA) is 110 Å². The summed E-state index contributed by atoms with van der Waals surface area (Å²) in [5, 5.41) is 19.8. The predicted molar refractivity (Wildman–Crippen MR) is 188 cm³/mol. The third kappa shape index (κ3) is 31.1. The summed E-state index contributed by atoms with van der Waals surface area (Å²) in [6.45, 7) is 3.67. The molecule has 0 heterocycles. The average molecular weight is 655 g/mol. The van der Waals surface area contributed by atoms with Crippen molar-refractivity contribution in [1.82, 2.24) is 0 Å². The summed E-state index contributed by atoms with van der Waals surface area (Å²) in [5.41, 5.74) is 0. The van der Waals surface area contributed by atoms with Crippen molar-refractivity contribution in [3.05, 3.63) is 0 Å². The first-order chi connectivity index (χ1) is 22.3. The first-order valence-corrected chi connectivity index (χ1v) is 19.7. The van der Waals surface area contributed by atoms with Crippen LogP contribution >= 0.6 is 0 Å². The van der Waals surface area contributed by atoms with Gasteiger partial charge in [-0.1, -0.05) is 194 Å². The Kier molecular flexibility index (Phi) is 32.4. The van der Waals surface area contributed by atoms with Gasteiger partial charge in [0.2, 0.25) is 0 Å². The summed E-state index contributed by atoms with van der Waals surface area (Å²) >= 11 is 0. The monoisotopic (exact) mass is 655 g/mol. The predicted octanol–water partition coefficient (Wildman–Crippen LogP) is 10.8. The maximum absolute atomic E-state index is 12.1. The number of Topliss-reactive ketones (excluding diaryl/α,β-unsaturated/α-hetero) is 1. The molecule has 0 amide bonds. The Balaban J connectivity index is 3.63. The van der Waals surface area contributed by atoms with E-state index < -0.39 is 30.3 Å². The van der Waals surface area contributed by atoms with Gasteiger partial charge in [0.25, 0.3) is 5.78 Å². The second kappa shape index (κ2) is 33.4. The van der Waals surface area contributed by atoms with Crippen molar-refractivity contribution in [1.29, 1.82) is 0 Å². The summed E-state index contributed by atoms with van der Waals surface area (Å²) in [7, 11) is 0. The van der Waals surface area contributed by atoms with Gasteiger partial charge in [-0.25, -0.2) is 0 Å². The highest BCUT2D eigenvalue weighted by atomic mass is 16.8. The highest BCUT2D eigenvalue weighted by Gasteiger charge is 2.38. The van der Waals surface area contributed by atoms with Crippen molar-refractivity contribution < 1.29 is 34.1 Å². The number of carbonyl (C=O) groups is 3. The molecule has 0 aromatic rings. The van der Waals surface area contributed by atoms with Gasteiger partial charge in [0.1, 0.15) is 0 Å². The number of unbranched alkanes of at least 4 members (excludes halogenated alkanes) is 28. The molecule has 0 unspecified atom stereocenters. The van der Waals surface area contributed by atoms with Crippen molar-refractivity contribution >= 4 is 17.7 Å². The third-order valence-corrected chi connectivity index (χ3v) is 8.95. The van der Waals surface area contributed by atoms with Crippen LogP contribution in [0, 0.1) is 0 Å². The molecular weight excluding hydrogens is 580 g/mol. The highest BCUT2D eigenvalue weighted by molar-refractivity contribution is 5.88. The quantitative estimate of drug-likeness (QED) is 0.0393. The minimum atomic E-state index is -3.28. The highest BCUT2D eigenvalue weighted by Crippen LogP contribution is 2.16. The molecule has 0 saturated heterocycles. The fraction of sp³-hybridized carbons (Fsp3) is 0.923. The Hall–Kier alpha value is -1.47. The van der Waals surface area contributed by atoms with E-state index in [0.717, 1.165) is 38.5 Å². The Morgan fingerprint density at radius 1 is 0.413 bits per heavy atom. The lowest BCUT2D eigenvalue weighted by atomic mass is 10.0. The van der Waals surface area contributed by atoms with Gasteiger partial charge in [0.15, 0.2) is 6.61 Å². The largest absolute Gasteiger partial charge is 0.457 e. The Morgan fingerprint density at radius 2 is 0.674 bits per heavy atom. The molecule has 0 aliphatic heterocycles. The molecule has 0 aliphatic rings. The molecule has 7 heteroatoms. The Morgan fingerprint density at radius 3 is 0.978 bits per heavy atom. The molecule has 0 spiro atoms. The van der Waals surface area contributed by atoms with Crippen LogP contribution in [0.5, 0.6) is 0 Å². The van der Waals surface area contributed by atoms with E-state index in [9.17, 15) is 24.6 Å². The van der Waals surface area contributed by atoms with Crippen LogP contribution in [0.1, 0.15) is 219 Å². The van der Waals surface area contributed by atoms with Crippen molar-refractivity contribution in [2.45, 2.75) is 225 Å². The minimum absolute atomic E-state index is 0.00733. The molecule has 0 rings (SSSR count). The lowest BCUT2D eigenvalue weighted by Gasteiger charge is -2.19. The van der Waals surface area contributed by atoms with Crippen molar-refractivity contribution in [2.24, 2.45) is 0 Å². The summed E-state index contributed by atoms with van der Waals surface area (Å²) in [6.07, 6.45) is 36.8. The standard InChI is InChI=1S/C39H74O7/c1-3-5-7-9-11-13-15-17-19-21-23-25-27-29-31-33-37(41)45-35-36(40)39(43,44)46-38(42)34-32-30-28-26-24-22-20-18-16-14-12-10-8-6-4-2/h43-44H,3-35H2,1-2H3. The van der Waals surface area contributed by atoms with E-state index >= 15 is 0 Å². The van der Waals surface area contributed by atoms with Crippen LogP contribution in [-0.4, -0.2) is 40.5 Å². The first kappa shape index (κ1) is 44.5. The molecule has 7 nitrogen and oxygen atoms in total. The number of aliphatic hydroxyl groups is 2. The summed E-state index contributed by atoms with van der Waals surface area (Å²) in [6, 6.07) is 0. The van der Waals surface area contributed by atoms with E-state index in [0.29, 0.717) is 12.8 Å². The number of carbonyl (C=O) groups excluding carboxylic acids is 3. The lowest BCUT2D eigenvalue weighted by molar-refractivity contribution is -0.298. The van der Waals surface area contributed by atoms with Crippen LogP contribution in [0.25, 0.3) is 0 Å². The van der Waals surface area contributed by atoms with E-state index in [4.69, 9.17) is 4.74 Å². The number of ether oxygens (including phenoxy) is 2. The van der Waals surface area contributed by atoms with Crippen LogP contribution in [0.15, 0.2) is 0 Å². The van der Waals surface area contributed by atoms with Gasteiger partial charge in [0.05, 0.1) is 0 Å². The number of rotatable bonds is 36. The molecule has 0 aromatic carbocycles.